The van der Waals surface area contributed by atoms with Crippen molar-refractivity contribution in [2.45, 2.75) is 39.2 Å². The molecule has 1 fully saturated rings. The molecule has 1 N–H and O–H groups in total. The summed E-state index contributed by atoms with van der Waals surface area (Å²) < 4.78 is 21.8. The van der Waals surface area contributed by atoms with E-state index in [4.69, 9.17) is 18.9 Å². The van der Waals surface area contributed by atoms with Crippen LogP contribution in [0.3, 0.4) is 0 Å². The molecule has 2 amide bonds. The van der Waals surface area contributed by atoms with Crippen LogP contribution in [-0.4, -0.2) is 46.8 Å². The minimum Gasteiger partial charge on any atom is -0.497 e. The first-order valence-electron chi connectivity index (χ1n) is 11.9. The first-order valence-corrected chi connectivity index (χ1v) is 11.9. The molecule has 8 nitrogen and oxygen atoms in total. The van der Waals surface area contributed by atoms with E-state index >= 15 is 0 Å². The summed E-state index contributed by atoms with van der Waals surface area (Å²) in [5.41, 5.74) is 1.42. The molecule has 1 aliphatic heterocycles. The predicted molar refractivity (Wildman–Crippen MR) is 135 cm³/mol. The van der Waals surface area contributed by atoms with Crippen molar-refractivity contribution in [1.82, 2.24) is 5.32 Å². The minimum absolute atomic E-state index is 0.0589. The number of ether oxygens (including phenoxy) is 4. The second-order valence-electron chi connectivity index (χ2n) is 8.98. The highest BCUT2D eigenvalue weighted by Crippen LogP contribution is 2.46. The molecule has 8 heteroatoms. The molecule has 0 unspecified atom stereocenters. The second kappa shape index (κ2) is 11.8. The standard InChI is InChI=1S/C27H36N2O6/c1-17(2)13-14-28-27(31)21-11-12-24(30)29(25(21)18-7-9-20(32-3)10-8-18)19-15-22(33-4)26(35-6)23(16-19)34-5/h7-10,15-17,21,25H,11-14H2,1-6H3,(H,28,31)/t21-,25-/m1/s1. The minimum atomic E-state index is -0.510. The first-order chi connectivity index (χ1) is 16.8. The van der Waals surface area contributed by atoms with Crippen LogP contribution in [0.5, 0.6) is 23.0 Å². The quantitative estimate of drug-likeness (QED) is 0.539. The number of carbonyl (C=O) groups is 2. The van der Waals surface area contributed by atoms with E-state index in [0.29, 0.717) is 47.6 Å². The summed E-state index contributed by atoms with van der Waals surface area (Å²) >= 11 is 0. The lowest BCUT2D eigenvalue weighted by molar-refractivity contribution is -0.129. The molecule has 1 saturated heterocycles. The molecule has 190 valence electrons. The largest absolute Gasteiger partial charge is 0.497 e. The molecule has 0 bridgehead atoms. The van der Waals surface area contributed by atoms with Crippen LogP contribution in [0.2, 0.25) is 0 Å². The molecule has 0 spiro atoms. The number of hydrogen-bond donors (Lipinski definition) is 1. The van der Waals surface area contributed by atoms with Crippen molar-refractivity contribution in [2.24, 2.45) is 11.8 Å². The third kappa shape index (κ3) is 5.81. The van der Waals surface area contributed by atoms with Gasteiger partial charge in [0.15, 0.2) is 11.5 Å². The number of nitrogens with one attached hydrogen (secondary N) is 1. The summed E-state index contributed by atoms with van der Waals surface area (Å²) in [6.45, 7) is 4.84. The molecule has 2 aromatic rings. The fraction of sp³-hybridized carbons (Fsp3) is 0.481. The fourth-order valence-corrected chi connectivity index (χ4v) is 4.48. The van der Waals surface area contributed by atoms with Gasteiger partial charge in [-0.05, 0) is 36.5 Å². The van der Waals surface area contributed by atoms with Crippen molar-refractivity contribution >= 4 is 17.5 Å². The van der Waals surface area contributed by atoms with Crippen molar-refractivity contribution in [3.63, 3.8) is 0 Å². The maximum atomic E-state index is 13.4. The van der Waals surface area contributed by atoms with Crippen LogP contribution in [0.4, 0.5) is 5.69 Å². The highest BCUT2D eigenvalue weighted by Gasteiger charge is 2.42. The second-order valence-corrected chi connectivity index (χ2v) is 8.98. The summed E-state index contributed by atoms with van der Waals surface area (Å²) in [6.07, 6.45) is 1.61. The zero-order valence-electron chi connectivity index (χ0n) is 21.4. The number of amides is 2. The molecular formula is C27H36N2O6. The summed E-state index contributed by atoms with van der Waals surface area (Å²) in [6, 6.07) is 10.5. The van der Waals surface area contributed by atoms with E-state index < -0.39 is 12.0 Å². The van der Waals surface area contributed by atoms with Gasteiger partial charge in [-0.3, -0.25) is 9.59 Å². The summed E-state index contributed by atoms with van der Waals surface area (Å²) in [5.74, 6) is 1.94. The SMILES string of the molecule is COc1ccc([C@@H]2[C@H](C(=O)NCCC(C)C)CCC(=O)N2c2cc(OC)c(OC)c(OC)c2)cc1. The van der Waals surface area contributed by atoms with E-state index in [1.807, 2.05) is 24.3 Å². The van der Waals surface area contributed by atoms with E-state index in [1.165, 1.54) is 21.3 Å². The van der Waals surface area contributed by atoms with E-state index in [1.54, 1.807) is 24.1 Å². The molecule has 0 aromatic heterocycles. The van der Waals surface area contributed by atoms with Crippen molar-refractivity contribution in [2.75, 3.05) is 39.9 Å². The summed E-state index contributed by atoms with van der Waals surface area (Å²) in [7, 11) is 6.20. The normalized spacial score (nSPS) is 17.8. The van der Waals surface area contributed by atoms with Gasteiger partial charge in [0.05, 0.1) is 46.1 Å². The third-order valence-corrected chi connectivity index (χ3v) is 6.34. The number of rotatable bonds is 10. The zero-order valence-corrected chi connectivity index (χ0v) is 21.4. The Morgan fingerprint density at radius 3 is 2.14 bits per heavy atom. The molecule has 2 atom stereocenters. The Morgan fingerprint density at radius 1 is 1.00 bits per heavy atom. The fourth-order valence-electron chi connectivity index (χ4n) is 4.48. The predicted octanol–water partition coefficient (Wildman–Crippen LogP) is 4.37. The third-order valence-electron chi connectivity index (χ3n) is 6.34. The number of piperidine rings is 1. The molecular weight excluding hydrogens is 448 g/mol. The molecule has 1 heterocycles. The lowest BCUT2D eigenvalue weighted by Crippen LogP contribution is -2.48. The van der Waals surface area contributed by atoms with Gasteiger partial charge >= 0.3 is 0 Å². The van der Waals surface area contributed by atoms with Gasteiger partial charge < -0.3 is 29.2 Å². The maximum absolute atomic E-state index is 13.4. The smallest absolute Gasteiger partial charge is 0.227 e. The molecule has 0 saturated carbocycles. The monoisotopic (exact) mass is 484 g/mol. The van der Waals surface area contributed by atoms with Crippen molar-refractivity contribution < 1.29 is 28.5 Å². The van der Waals surface area contributed by atoms with Gasteiger partial charge in [-0.25, -0.2) is 0 Å². The molecule has 1 aliphatic rings. The van der Waals surface area contributed by atoms with Gasteiger partial charge in [0.1, 0.15) is 5.75 Å². The topological polar surface area (TPSA) is 86.3 Å². The molecule has 0 radical (unpaired) electrons. The number of nitrogens with zero attached hydrogens (tertiary/aromatic N) is 1. The van der Waals surface area contributed by atoms with E-state index in [2.05, 4.69) is 19.2 Å². The van der Waals surface area contributed by atoms with E-state index in [0.717, 1.165) is 12.0 Å². The van der Waals surface area contributed by atoms with Crippen LogP contribution in [0.15, 0.2) is 36.4 Å². The number of methoxy groups -OCH3 is 4. The Morgan fingerprint density at radius 2 is 1.63 bits per heavy atom. The Kier molecular flexibility index (Phi) is 8.84. The molecule has 0 aliphatic carbocycles. The highest BCUT2D eigenvalue weighted by molar-refractivity contribution is 5.98. The van der Waals surface area contributed by atoms with Crippen LogP contribution >= 0.6 is 0 Å². The molecule has 35 heavy (non-hydrogen) atoms. The van der Waals surface area contributed by atoms with Gasteiger partial charge in [0.2, 0.25) is 17.6 Å². The van der Waals surface area contributed by atoms with Crippen LogP contribution in [-0.2, 0) is 9.59 Å². The highest BCUT2D eigenvalue weighted by atomic mass is 16.5. The average Bonchev–Trinajstić information content (AvgIpc) is 2.87. The Labute approximate surface area is 207 Å². The van der Waals surface area contributed by atoms with E-state index in [9.17, 15) is 9.59 Å². The average molecular weight is 485 g/mol. The van der Waals surface area contributed by atoms with Crippen molar-refractivity contribution in [1.29, 1.82) is 0 Å². The lowest BCUT2D eigenvalue weighted by atomic mass is 9.83. The number of carbonyl (C=O) groups excluding carboxylic acids is 2. The Hall–Kier alpha value is -3.42. The van der Waals surface area contributed by atoms with Gasteiger partial charge in [0, 0.05) is 25.1 Å². The van der Waals surface area contributed by atoms with Gasteiger partial charge in [0.25, 0.3) is 0 Å². The van der Waals surface area contributed by atoms with Crippen LogP contribution < -0.4 is 29.2 Å². The van der Waals surface area contributed by atoms with Gasteiger partial charge in [-0.1, -0.05) is 26.0 Å². The number of hydrogen-bond acceptors (Lipinski definition) is 6. The molecule has 3 rings (SSSR count). The zero-order chi connectivity index (χ0) is 25.5. The van der Waals surface area contributed by atoms with Crippen LogP contribution in [0, 0.1) is 11.8 Å². The maximum Gasteiger partial charge on any atom is 0.227 e. The van der Waals surface area contributed by atoms with Gasteiger partial charge in [-0.2, -0.15) is 0 Å². The van der Waals surface area contributed by atoms with Crippen molar-refractivity contribution in [3.05, 3.63) is 42.0 Å². The Balaban J connectivity index is 2.09. The summed E-state index contributed by atoms with van der Waals surface area (Å²) in [5, 5.41) is 3.09. The number of anilines is 1. The lowest BCUT2D eigenvalue weighted by Gasteiger charge is -2.41. The molecule has 2 aromatic carbocycles. The Bertz CT molecular complexity index is 996. The number of benzene rings is 2. The van der Waals surface area contributed by atoms with Crippen molar-refractivity contribution in [3.8, 4) is 23.0 Å². The van der Waals surface area contributed by atoms with E-state index in [-0.39, 0.29) is 18.2 Å². The van der Waals surface area contributed by atoms with Gasteiger partial charge in [-0.15, -0.1) is 0 Å². The van der Waals surface area contributed by atoms with Crippen LogP contribution in [0.25, 0.3) is 0 Å². The first kappa shape index (κ1) is 26.2. The summed E-state index contributed by atoms with van der Waals surface area (Å²) in [4.78, 5) is 28.4. The van der Waals surface area contributed by atoms with Crippen LogP contribution in [0.1, 0.15) is 44.7 Å².